The Hall–Kier alpha value is -1.89. The lowest BCUT2D eigenvalue weighted by Crippen LogP contribution is -2.07. The van der Waals surface area contributed by atoms with E-state index in [1.54, 1.807) is 11.3 Å². The zero-order chi connectivity index (χ0) is 14.7. The number of halogens is 3. The predicted molar refractivity (Wildman–Crippen MR) is 73.8 cm³/mol. The molecule has 1 aromatic carbocycles. The minimum absolute atomic E-state index is 0.137. The highest BCUT2D eigenvalue weighted by Gasteiger charge is 2.13. The Balaban J connectivity index is 2.16. The number of ether oxygens (including phenoxy) is 1. The molecule has 0 amide bonds. The lowest BCUT2D eigenvalue weighted by atomic mass is 10.2. The third kappa shape index (κ3) is 3.36. The lowest BCUT2D eigenvalue weighted by Gasteiger charge is -2.12. The largest absolute Gasteiger partial charge is 0.432 e. The van der Waals surface area contributed by atoms with Crippen molar-refractivity contribution in [3.63, 3.8) is 0 Å². The highest BCUT2D eigenvalue weighted by molar-refractivity contribution is 7.10. The number of rotatable bonds is 5. The van der Waals surface area contributed by atoms with E-state index in [9.17, 15) is 13.2 Å². The number of nitrogens with one attached hydrogen (secondary N) is 1. The maximum Gasteiger partial charge on any atom is 0.387 e. The fourth-order valence-corrected chi connectivity index (χ4v) is 2.51. The number of nitrogen functional groups attached to an aromatic ring is 1. The second kappa shape index (κ2) is 6.04. The van der Waals surface area contributed by atoms with Gasteiger partial charge < -0.3 is 15.8 Å². The first-order valence-electron chi connectivity index (χ1n) is 5.78. The average molecular weight is 302 g/mol. The van der Waals surface area contributed by atoms with Crippen molar-refractivity contribution < 1.29 is 17.9 Å². The Bertz CT molecular complexity index is 601. The van der Waals surface area contributed by atoms with Crippen LogP contribution in [0, 0.1) is 12.7 Å². The van der Waals surface area contributed by atoms with Crippen molar-refractivity contribution in [2.45, 2.75) is 20.1 Å². The number of hydrogen-bond donors (Lipinski definition) is 2. The van der Waals surface area contributed by atoms with Gasteiger partial charge in [0.2, 0.25) is 0 Å². The van der Waals surface area contributed by atoms with Gasteiger partial charge in [-0.1, -0.05) is 0 Å². The molecule has 7 heteroatoms. The summed E-state index contributed by atoms with van der Waals surface area (Å²) in [6, 6.07) is 4.07. The molecule has 0 aliphatic heterocycles. The number of alkyl halides is 2. The molecule has 1 heterocycles. The molecule has 108 valence electrons. The van der Waals surface area contributed by atoms with E-state index in [-0.39, 0.29) is 5.69 Å². The van der Waals surface area contributed by atoms with E-state index in [1.165, 1.54) is 0 Å². The van der Waals surface area contributed by atoms with Gasteiger partial charge in [0, 0.05) is 23.6 Å². The van der Waals surface area contributed by atoms with Crippen LogP contribution in [0.2, 0.25) is 0 Å². The molecule has 0 saturated carbocycles. The zero-order valence-corrected chi connectivity index (χ0v) is 11.4. The molecule has 0 aliphatic rings. The molecule has 0 atom stereocenters. The monoisotopic (exact) mass is 302 g/mol. The summed E-state index contributed by atoms with van der Waals surface area (Å²) in [5.74, 6) is -1.44. The van der Waals surface area contributed by atoms with Crippen molar-refractivity contribution in [3.05, 3.63) is 39.8 Å². The normalized spacial score (nSPS) is 10.8. The van der Waals surface area contributed by atoms with E-state index in [0.717, 1.165) is 22.6 Å². The van der Waals surface area contributed by atoms with Crippen LogP contribution in [0.5, 0.6) is 5.75 Å². The van der Waals surface area contributed by atoms with Crippen LogP contribution in [0.4, 0.5) is 24.5 Å². The van der Waals surface area contributed by atoms with Crippen molar-refractivity contribution in [1.82, 2.24) is 0 Å². The van der Waals surface area contributed by atoms with Gasteiger partial charge in [0.15, 0.2) is 11.6 Å². The van der Waals surface area contributed by atoms with E-state index in [2.05, 4.69) is 10.1 Å². The maximum absolute atomic E-state index is 13.4. The second-order valence-corrected chi connectivity index (χ2v) is 5.13. The number of thiophene rings is 1. The van der Waals surface area contributed by atoms with Crippen LogP contribution >= 0.6 is 11.3 Å². The number of aryl methyl sites for hydroxylation is 1. The minimum atomic E-state index is -3.08. The molecular formula is C13H13F3N2OS. The SMILES string of the molecule is Cc1ccsc1CNc1cc(OC(F)F)c(F)cc1N. The van der Waals surface area contributed by atoms with E-state index >= 15 is 0 Å². The molecule has 3 nitrogen and oxygen atoms in total. The third-order valence-electron chi connectivity index (χ3n) is 2.73. The van der Waals surface area contributed by atoms with Crippen LogP contribution in [0.1, 0.15) is 10.4 Å². The van der Waals surface area contributed by atoms with Crippen molar-refractivity contribution in [3.8, 4) is 5.75 Å². The molecule has 2 aromatic rings. The van der Waals surface area contributed by atoms with Gasteiger partial charge in [-0.2, -0.15) is 8.78 Å². The number of benzene rings is 1. The van der Waals surface area contributed by atoms with Crippen LogP contribution in [0.3, 0.4) is 0 Å². The summed E-state index contributed by atoms with van der Waals surface area (Å²) in [5, 5.41) is 4.94. The Morgan fingerprint density at radius 1 is 1.40 bits per heavy atom. The van der Waals surface area contributed by atoms with Crippen LogP contribution in [0.25, 0.3) is 0 Å². The van der Waals surface area contributed by atoms with Crippen LogP contribution < -0.4 is 15.8 Å². The number of nitrogens with two attached hydrogens (primary N) is 1. The van der Waals surface area contributed by atoms with E-state index in [0.29, 0.717) is 12.2 Å². The fourth-order valence-electron chi connectivity index (χ4n) is 1.67. The van der Waals surface area contributed by atoms with Gasteiger partial charge in [-0.15, -0.1) is 11.3 Å². The van der Waals surface area contributed by atoms with Gasteiger partial charge in [0.1, 0.15) is 0 Å². The predicted octanol–water partition coefficient (Wildman–Crippen LogP) is 3.99. The van der Waals surface area contributed by atoms with Gasteiger partial charge in [-0.25, -0.2) is 4.39 Å². The van der Waals surface area contributed by atoms with Crippen molar-refractivity contribution in [2.24, 2.45) is 0 Å². The molecule has 0 bridgehead atoms. The van der Waals surface area contributed by atoms with E-state index < -0.39 is 18.2 Å². The molecule has 0 aliphatic carbocycles. The number of anilines is 2. The summed E-state index contributed by atoms with van der Waals surface area (Å²) in [6.45, 7) is -0.638. The van der Waals surface area contributed by atoms with Gasteiger partial charge in [-0.3, -0.25) is 0 Å². The first-order valence-corrected chi connectivity index (χ1v) is 6.66. The molecule has 20 heavy (non-hydrogen) atoms. The van der Waals surface area contributed by atoms with Gasteiger partial charge >= 0.3 is 6.61 Å². The lowest BCUT2D eigenvalue weighted by molar-refractivity contribution is -0.0521. The Labute approximate surface area is 118 Å². The van der Waals surface area contributed by atoms with Crippen molar-refractivity contribution in [2.75, 3.05) is 11.1 Å². The standard InChI is InChI=1S/C13H13F3N2OS/c1-7-2-3-20-12(7)6-18-10-5-11(19-13(15)16)8(14)4-9(10)17/h2-5,13,18H,6,17H2,1H3. The molecule has 1 aromatic heterocycles. The average Bonchev–Trinajstić information content (AvgIpc) is 2.76. The van der Waals surface area contributed by atoms with Crippen LogP contribution in [-0.4, -0.2) is 6.61 Å². The molecule has 2 rings (SSSR count). The van der Waals surface area contributed by atoms with Gasteiger partial charge in [0.05, 0.1) is 11.4 Å². The maximum atomic E-state index is 13.4. The summed E-state index contributed by atoms with van der Waals surface area (Å²) in [4.78, 5) is 1.09. The molecule has 0 saturated heterocycles. The van der Waals surface area contributed by atoms with Crippen molar-refractivity contribution in [1.29, 1.82) is 0 Å². The summed E-state index contributed by atoms with van der Waals surface area (Å²) >= 11 is 1.56. The smallest absolute Gasteiger partial charge is 0.387 e. The number of hydrogen-bond acceptors (Lipinski definition) is 4. The molecule has 0 unspecified atom stereocenters. The first-order chi connectivity index (χ1) is 9.47. The summed E-state index contributed by atoms with van der Waals surface area (Å²) in [5.41, 5.74) is 7.27. The van der Waals surface area contributed by atoms with Crippen LogP contribution in [0.15, 0.2) is 23.6 Å². The highest BCUT2D eigenvalue weighted by Crippen LogP contribution is 2.30. The molecular weight excluding hydrogens is 289 g/mol. The Morgan fingerprint density at radius 3 is 2.75 bits per heavy atom. The summed E-state index contributed by atoms with van der Waals surface area (Å²) in [7, 11) is 0. The summed E-state index contributed by atoms with van der Waals surface area (Å²) in [6.07, 6.45) is 0. The Morgan fingerprint density at radius 2 is 2.15 bits per heavy atom. The highest BCUT2D eigenvalue weighted by atomic mass is 32.1. The van der Waals surface area contributed by atoms with Crippen molar-refractivity contribution >= 4 is 22.7 Å². The first kappa shape index (κ1) is 14.5. The zero-order valence-electron chi connectivity index (χ0n) is 10.6. The van der Waals surface area contributed by atoms with Gasteiger partial charge in [0.25, 0.3) is 0 Å². The quantitative estimate of drug-likeness (QED) is 0.821. The fraction of sp³-hybridized carbons (Fsp3) is 0.231. The second-order valence-electron chi connectivity index (χ2n) is 4.13. The molecule has 3 N–H and O–H groups in total. The molecule has 0 radical (unpaired) electrons. The van der Waals surface area contributed by atoms with E-state index in [1.807, 2.05) is 18.4 Å². The topological polar surface area (TPSA) is 47.3 Å². The molecule has 0 spiro atoms. The third-order valence-corrected chi connectivity index (χ3v) is 3.75. The minimum Gasteiger partial charge on any atom is -0.432 e. The van der Waals surface area contributed by atoms with Crippen LogP contribution in [-0.2, 0) is 6.54 Å². The Kier molecular flexibility index (Phi) is 4.39. The van der Waals surface area contributed by atoms with Gasteiger partial charge in [-0.05, 0) is 23.9 Å². The molecule has 0 fully saturated rings. The van der Waals surface area contributed by atoms with E-state index in [4.69, 9.17) is 5.73 Å². The summed E-state index contributed by atoms with van der Waals surface area (Å²) < 4.78 is 41.8.